The van der Waals surface area contributed by atoms with Gasteiger partial charge >= 0.3 is 0 Å². The normalized spacial score (nSPS) is 45.5. The zero-order valence-corrected chi connectivity index (χ0v) is 29.6. The van der Waals surface area contributed by atoms with Gasteiger partial charge in [-0.25, -0.2) is 0 Å². The van der Waals surface area contributed by atoms with Crippen LogP contribution < -0.4 is 10.6 Å². The number of aliphatic hydroxyl groups excluding tert-OH is 2. The van der Waals surface area contributed by atoms with E-state index in [1.165, 1.54) is 53.0 Å². The number of benzene rings is 2. The topological polar surface area (TPSA) is 146 Å². The van der Waals surface area contributed by atoms with Gasteiger partial charge < -0.3 is 30.6 Å². The van der Waals surface area contributed by atoms with Crippen LogP contribution in [0.3, 0.4) is 0 Å². The van der Waals surface area contributed by atoms with Crippen molar-refractivity contribution in [2.45, 2.75) is 81.5 Å². The minimum absolute atomic E-state index is 0.305. The Hall–Kier alpha value is -2.76. The molecule has 2 aromatic rings. The summed E-state index contributed by atoms with van der Waals surface area (Å²) in [7, 11) is 8.20. The number of rotatable bonds is 3. The van der Waals surface area contributed by atoms with E-state index in [9.17, 15) is 29.4 Å². The van der Waals surface area contributed by atoms with Gasteiger partial charge in [-0.15, -0.1) is 0 Å². The molecule has 0 saturated carbocycles. The van der Waals surface area contributed by atoms with Crippen LogP contribution in [0, 0.1) is 0 Å². The number of carbonyl (C=O) groups is 4. The first-order valence-corrected chi connectivity index (χ1v) is 20.3. The maximum Gasteiger partial charge on any atom is 0.264 e. The van der Waals surface area contributed by atoms with Gasteiger partial charge in [0.05, 0.1) is 10.8 Å². The first-order valence-electron chi connectivity index (χ1n) is 16.0. The third-order valence-corrected chi connectivity index (χ3v) is 20.3. The molecule has 0 radical (unpaired) electrons. The molecule has 2 aromatic carbocycles. The van der Waals surface area contributed by atoms with Gasteiger partial charge in [0.15, 0.2) is 9.74 Å². The Morgan fingerprint density at radius 1 is 0.625 bits per heavy atom. The average molecular weight is 725 g/mol. The van der Waals surface area contributed by atoms with Crippen LogP contribution >= 0.6 is 43.2 Å². The van der Waals surface area contributed by atoms with Crippen molar-refractivity contribution in [3.05, 3.63) is 59.7 Å². The summed E-state index contributed by atoms with van der Waals surface area (Å²) in [6.07, 6.45) is -4.51. The molecule has 250 valence electrons. The molecule has 10 heterocycles. The van der Waals surface area contributed by atoms with Crippen LogP contribution in [0.1, 0.15) is 37.8 Å². The maximum absolute atomic E-state index is 14.9. The molecule has 10 aliphatic heterocycles. The first-order chi connectivity index (χ1) is 23.0. The number of amides is 4. The highest BCUT2D eigenvalue weighted by atomic mass is 33.1. The predicted molar refractivity (Wildman–Crippen MR) is 184 cm³/mol. The maximum atomic E-state index is 14.9. The largest absolute Gasteiger partial charge is 0.388 e. The van der Waals surface area contributed by atoms with Gasteiger partial charge in [-0.1, -0.05) is 71.8 Å². The molecule has 4 bridgehead atoms. The molecule has 2 spiro atoms. The van der Waals surface area contributed by atoms with Crippen molar-refractivity contribution in [1.29, 1.82) is 0 Å². The number of likely N-dealkylation sites (N-methyl/N-ethyl adjacent to an activating group) is 2. The summed E-state index contributed by atoms with van der Waals surface area (Å²) in [6, 6.07) is 14.9. The second-order valence-electron chi connectivity index (χ2n) is 13.8. The molecule has 10 aliphatic rings. The summed E-state index contributed by atoms with van der Waals surface area (Å²) in [5.41, 5.74) is -0.748. The van der Waals surface area contributed by atoms with E-state index in [0.717, 1.165) is 0 Å². The van der Waals surface area contributed by atoms with E-state index < -0.39 is 66.7 Å². The summed E-state index contributed by atoms with van der Waals surface area (Å²) in [5, 5.41) is 33.9. The van der Waals surface area contributed by atoms with Crippen molar-refractivity contribution in [2.24, 2.45) is 0 Å². The number of para-hydroxylation sites is 2. The lowest BCUT2D eigenvalue weighted by molar-refractivity contribution is -0.167. The Bertz CT molecular complexity index is 1800. The fourth-order valence-electron chi connectivity index (χ4n) is 10.5. The number of aliphatic hydroxyl groups is 2. The van der Waals surface area contributed by atoms with Gasteiger partial charge in [0.25, 0.3) is 23.6 Å². The zero-order chi connectivity index (χ0) is 33.6. The predicted octanol–water partition coefficient (Wildman–Crippen LogP) is 2.11. The van der Waals surface area contributed by atoms with E-state index in [4.69, 9.17) is 0 Å². The van der Waals surface area contributed by atoms with Crippen molar-refractivity contribution in [3.8, 4) is 0 Å². The Labute approximate surface area is 291 Å². The monoisotopic (exact) mass is 724 g/mol. The molecule has 8 saturated heterocycles. The zero-order valence-electron chi connectivity index (χ0n) is 26.3. The van der Waals surface area contributed by atoms with Crippen molar-refractivity contribution in [2.75, 3.05) is 24.7 Å². The summed E-state index contributed by atoms with van der Waals surface area (Å²) in [6.45, 7) is 3.74. The van der Waals surface area contributed by atoms with Crippen LogP contribution in [0.2, 0.25) is 0 Å². The second kappa shape index (κ2) is 8.75. The number of carbonyl (C=O) groups excluding carboxylic acids is 4. The molecule has 12 nitrogen and oxygen atoms in total. The van der Waals surface area contributed by atoms with Gasteiger partial charge in [0, 0.05) is 25.5 Å². The lowest BCUT2D eigenvalue weighted by Gasteiger charge is -2.59. The highest BCUT2D eigenvalue weighted by Gasteiger charge is 2.93. The van der Waals surface area contributed by atoms with Gasteiger partial charge in [-0.05, 0) is 57.7 Å². The molecule has 16 heteroatoms. The molecule has 4 N–H and O–H groups in total. The Balaban J connectivity index is 1.34. The second-order valence-corrected chi connectivity index (χ2v) is 19.1. The molecule has 0 aliphatic carbocycles. The van der Waals surface area contributed by atoms with Crippen LogP contribution in [-0.2, 0) is 30.0 Å². The third-order valence-electron chi connectivity index (χ3n) is 12.7. The number of fused-ring (bicyclic) bond motifs is 11. The molecule has 0 aromatic heterocycles. The number of piperazine rings is 2. The van der Waals surface area contributed by atoms with Crippen molar-refractivity contribution in [1.82, 2.24) is 19.6 Å². The minimum Gasteiger partial charge on any atom is -0.388 e. The lowest BCUT2D eigenvalue weighted by atomic mass is 9.52. The highest BCUT2D eigenvalue weighted by Crippen LogP contribution is 2.78. The Morgan fingerprint density at radius 3 is 1.38 bits per heavy atom. The van der Waals surface area contributed by atoms with Gasteiger partial charge in [-0.2, -0.15) is 0 Å². The van der Waals surface area contributed by atoms with Gasteiger partial charge in [-0.3, -0.25) is 29.0 Å². The van der Waals surface area contributed by atoms with E-state index in [1.807, 2.05) is 62.4 Å². The number of nitrogens with zero attached hydrogens (tertiary/aromatic N) is 4. The van der Waals surface area contributed by atoms with Crippen molar-refractivity contribution >= 4 is 78.2 Å². The van der Waals surface area contributed by atoms with Crippen LogP contribution in [0.25, 0.3) is 0 Å². The van der Waals surface area contributed by atoms with Crippen molar-refractivity contribution < 1.29 is 29.4 Å². The fourth-order valence-corrected chi connectivity index (χ4v) is 18.4. The van der Waals surface area contributed by atoms with Crippen LogP contribution in [0.15, 0.2) is 48.5 Å². The van der Waals surface area contributed by atoms with Crippen molar-refractivity contribution in [3.63, 3.8) is 0 Å². The van der Waals surface area contributed by atoms with E-state index in [2.05, 4.69) is 10.6 Å². The first kappa shape index (κ1) is 30.1. The van der Waals surface area contributed by atoms with E-state index in [1.54, 1.807) is 23.9 Å². The fraction of sp³-hybridized carbons (Fsp3) is 0.500. The number of hydrogen-bond donors (Lipinski definition) is 4. The van der Waals surface area contributed by atoms with Crippen LogP contribution in [-0.4, -0.2) is 112 Å². The lowest BCUT2D eigenvalue weighted by Crippen LogP contribution is -2.78. The average Bonchev–Trinajstić information content (AvgIpc) is 3.75. The number of hydrogen-bond acceptors (Lipinski definition) is 12. The smallest absolute Gasteiger partial charge is 0.264 e. The number of nitrogens with one attached hydrogen (secondary N) is 2. The molecule has 48 heavy (non-hydrogen) atoms. The van der Waals surface area contributed by atoms with E-state index in [0.29, 0.717) is 35.3 Å². The van der Waals surface area contributed by atoms with Gasteiger partial charge in [0.2, 0.25) is 9.74 Å². The molecule has 8 fully saturated rings. The summed E-state index contributed by atoms with van der Waals surface area (Å²) in [5.74, 6) is -1.40. The third kappa shape index (κ3) is 2.48. The molecule has 10 unspecified atom stereocenters. The Kier molecular flexibility index (Phi) is 5.48. The summed E-state index contributed by atoms with van der Waals surface area (Å²) >= 11 is 0. The molecule has 4 amide bonds. The highest BCUT2D eigenvalue weighted by molar-refractivity contribution is 8.78. The van der Waals surface area contributed by atoms with E-state index in [-0.39, 0.29) is 11.8 Å². The summed E-state index contributed by atoms with van der Waals surface area (Å²) in [4.78, 5) is 59.4. The summed E-state index contributed by atoms with van der Waals surface area (Å²) < 4.78 is 0. The van der Waals surface area contributed by atoms with Crippen LogP contribution in [0.5, 0.6) is 0 Å². The minimum atomic E-state index is -1.76. The van der Waals surface area contributed by atoms with Gasteiger partial charge in [0.1, 0.15) is 24.5 Å². The van der Waals surface area contributed by atoms with Crippen LogP contribution in [0.4, 0.5) is 11.4 Å². The molecular formula is C32H32N6O6S4. The quantitative estimate of drug-likeness (QED) is 0.344. The standard InChI is InChI=1S/C32H32N6O6S4/c1-5-27-23(41)37-21-29(15-11-7-9-13-17(15)33-21,19(39)31(37,47-45-27)25(43)35(27)3)30-16-12-8-10-14-18(16)34-22(30)38-24(42)28(6-2)36(4)26(44)32(38,20(30)40)48-46-28/h7-14,19-22,33-34,39-40H,5-6H2,1-4H3. The number of anilines is 2. The molecule has 10 atom stereocenters. The SMILES string of the molecule is CCC12SSC3(C(=O)N1C)C(O)C1(C45c6ccccc6NC4N4C(=O)C6(CC)SSC4(C(=O)N6C)C5O)c4ccccc4NC1N3C2=O. The van der Waals surface area contributed by atoms with E-state index >= 15 is 0 Å². The Morgan fingerprint density at radius 2 is 1.00 bits per heavy atom. The molecule has 12 rings (SSSR count). The molecular weight excluding hydrogens is 693 g/mol.